The van der Waals surface area contributed by atoms with Crippen LogP contribution in [0.4, 0.5) is 4.39 Å². The Morgan fingerprint density at radius 1 is 1.24 bits per heavy atom. The summed E-state index contributed by atoms with van der Waals surface area (Å²) in [7, 11) is -2.26. The molecule has 5 rings (SSSR count). The van der Waals surface area contributed by atoms with Crippen LogP contribution < -0.4 is 0 Å². The Bertz CT molecular complexity index is 1350. The Kier molecular flexibility index (Phi) is 5.50. The molecule has 0 radical (unpaired) electrons. The van der Waals surface area contributed by atoms with Gasteiger partial charge in [-0.1, -0.05) is 24.3 Å². The number of nitrogens with one attached hydrogen (secondary N) is 1. The Morgan fingerprint density at radius 3 is 2.64 bits per heavy atom. The number of fused-ring (bicyclic) bond motifs is 3. The fourth-order valence-electron chi connectivity index (χ4n) is 4.92. The zero-order valence-electron chi connectivity index (χ0n) is 18.4. The van der Waals surface area contributed by atoms with Crippen molar-refractivity contribution in [2.75, 3.05) is 12.9 Å². The summed E-state index contributed by atoms with van der Waals surface area (Å²) >= 11 is 5.92. The Morgan fingerprint density at radius 2 is 1.97 bits per heavy atom. The molecule has 6 nitrogen and oxygen atoms in total. The predicted octanol–water partition coefficient (Wildman–Crippen LogP) is 4.19. The van der Waals surface area contributed by atoms with Gasteiger partial charge in [0.2, 0.25) is 15.9 Å². The number of aromatic amines is 1. The van der Waals surface area contributed by atoms with Gasteiger partial charge in [0, 0.05) is 41.3 Å². The minimum atomic E-state index is -3.79. The molecule has 0 saturated heterocycles. The van der Waals surface area contributed by atoms with Crippen LogP contribution in [0.15, 0.2) is 47.4 Å². The van der Waals surface area contributed by atoms with E-state index >= 15 is 4.39 Å². The van der Waals surface area contributed by atoms with Gasteiger partial charge in [-0.25, -0.2) is 12.8 Å². The summed E-state index contributed by atoms with van der Waals surface area (Å²) in [6, 6.07) is 10.8. The average Bonchev–Trinajstić information content (AvgIpc) is 3.58. The van der Waals surface area contributed by atoms with E-state index in [0.717, 1.165) is 41.1 Å². The number of nitrogens with zero attached hydrogens (tertiary/aromatic N) is 2. The number of sulfonamides is 1. The molecule has 174 valence electrons. The first-order valence-electron chi connectivity index (χ1n) is 11.0. The number of benzene rings is 2. The number of hydrogen-bond donors (Lipinski definition) is 1. The first-order valence-corrected chi connectivity index (χ1v) is 13.0. The monoisotopic (exact) mass is 489 g/mol. The maximum absolute atomic E-state index is 15.6. The van der Waals surface area contributed by atoms with Gasteiger partial charge in [-0.2, -0.15) is 4.31 Å². The molecule has 2 heterocycles. The summed E-state index contributed by atoms with van der Waals surface area (Å²) in [6.45, 7) is 1.92. The number of halogens is 2. The molecule has 0 bridgehead atoms. The molecule has 1 amide bonds. The van der Waals surface area contributed by atoms with Crippen LogP contribution in [0.3, 0.4) is 0 Å². The molecule has 1 aromatic heterocycles. The largest absolute Gasteiger partial charge is 0.356 e. The van der Waals surface area contributed by atoms with E-state index in [9.17, 15) is 13.2 Å². The Labute approximate surface area is 197 Å². The van der Waals surface area contributed by atoms with E-state index in [2.05, 4.69) is 4.98 Å². The molecular weight excluding hydrogens is 465 g/mol. The van der Waals surface area contributed by atoms with E-state index in [4.69, 9.17) is 11.6 Å². The minimum absolute atomic E-state index is 0.0253. The van der Waals surface area contributed by atoms with E-state index in [1.54, 1.807) is 4.90 Å². The lowest BCUT2D eigenvalue weighted by molar-refractivity contribution is -0.133. The molecule has 1 fully saturated rings. The van der Waals surface area contributed by atoms with Crippen LogP contribution in [-0.4, -0.2) is 53.5 Å². The first kappa shape index (κ1) is 22.4. The first-order chi connectivity index (χ1) is 15.7. The van der Waals surface area contributed by atoms with E-state index < -0.39 is 21.9 Å². The van der Waals surface area contributed by atoms with Crippen molar-refractivity contribution < 1.29 is 17.6 Å². The van der Waals surface area contributed by atoms with Crippen LogP contribution in [0.2, 0.25) is 0 Å². The van der Waals surface area contributed by atoms with Gasteiger partial charge in [-0.05, 0) is 49.9 Å². The lowest BCUT2D eigenvalue weighted by Crippen LogP contribution is -2.47. The van der Waals surface area contributed by atoms with Crippen molar-refractivity contribution in [1.82, 2.24) is 14.2 Å². The molecule has 0 spiro atoms. The number of H-pyrrole nitrogens is 1. The van der Waals surface area contributed by atoms with Crippen LogP contribution in [0.25, 0.3) is 10.9 Å². The molecule has 33 heavy (non-hydrogen) atoms. The molecule has 1 N–H and O–H groups in total. The SMILES string of the molecule is C[C@H]1Cc2c([nH]c3ccccc23)[C@H](c2ccc(S(=O)(=O)N(C)C3CC3)cc2F)N1C(=O)CCl. The van der Waals surface area contributed by atoms with Crippen molar-refractivity contribution in [3.8, 4) is 0 Å². The lowest BCUT2D eigenvalue weighted by Gasteiger charge is -2.41. The van der Waals surface area contributed by atoms with Gasteiger partial charge in [0.1, 0.15) is 17.7 Å². The van der Waals surface area contributed by atoms with Gasteiger partial charge in [-0.15, -0.1) is 11.6 Å². The van der Waals surface area contributed by atoms with Gasteiger partial charge in [0.15, 0.2) is 0 Å². The van der Waals surface area contributed by atoms with Crippen molar-refractivity contribution in [1.29, 1.82) is 0 Å². The molecule has 2 aliphatic rings. The van der Waals surface area contributed by atoms with Crippen LogP contribution in [0, 0.1) is 5.82 Å². The molecule has 0 unspecified atom stereocenters. The topological polar surface area (TPSA) is 73.5 Å². The summed E-state index contributed by atoms with van der Waals surface area (Å²) in [4.78, 5) is 17.7. The summed E-state index contributed by atoms with van der Waals surface area (Å²) in [5.74, 6) is -1.20. The summed E-state index contributed by atoms with van der Waals surface area (Å²) in [5.41, 5.74) is 2.91. The highest BCUT2D eigenvalue weighted by Gasteiger charge is 2.40. The highest BCUT2D eigenvalue weighted by atomic mass is 35.5. The quantitative estimate of drug-likeness (QED) is 0.546. The number of alkyl halides is 1. The lowest BCUT2D eigenvalue weighted by atomic mass is 9.88. The maximum atomic E-state index is 15.6. The van der Waals surface area contributed by atoms with Gasteiger partial charge in [-0.3, -0.25) is 4.79 Å². The van der Waals surface area contributed by atoms with Gasteiger partial charge in [0.05, 0.1) is 4.90 Å². The number of carbonyl (C=O) groups is 1. The van der Waals surface area contributed by atoms with Gasteiger partial charge in [0.25, 0.3) is 0 Å². The molecule has 1 saturated carbocycles. The molecule has 2 aromatic carbocycles. The highest BCUT2D eigenvalue weighted by Crippen LogP contribution is 2.42. The molecule has 3 aromatic rings. The van der Waals surface area contributed by atoms with Crippen LogP contribution >= 0.6 is 11.6 Å². The van der Waals surface area contributed by atoms with Crippen LogP contribution in [0.5, 0.6) is 0 Å². The maximum Gasteiger partial charge on any atom is 0.243 e. The second-order valence-electron chi connectivity index (χ2n) is 8.89. The minimum Gasteiger partial charge on any atom is -0.356 e. The zero-order valence-corrected chi connectivity index (χ0v) is 20.0. The van der Waals surface area contributed by atoms with Crippen LogP contribution in [0.1, 0.15) is 42.6 Å². The summed E-state index contributed by atoms with van der Waals surface area (Å²) in [6.07, 6.45) is 2.24. The van der Waals surface area contributed by atoms with Crippen molar-refractivity contribution in [2.24, 2.45) is 0 Å². The van der Waals surface area contributed by atoms with Crippen molar-refractivity contribution in [2.45, 2.75) is 49.2 Å². The molecule has 2 atom stereocenters. The molecular formula is C24H25ClFN3O3S. The third-order valence-electron chi connectivity index (χ3n) is 6.78. The third-order valence-corrected chi connectivity index (χ3v) is 8.91. The van der Waals surface area contributed by atoms with Crippen LogP contribution in [-0.2, 0) is 21.2 Å². The Balaban J connectivity index is 1.65. The number of para-hydroxylation sites is 1. The number of hydrogen-bond acceptors (Lipinski definition) is 3. The van der Waals surface area contributed by atoms with E-state index in [1.165, 1.54) is 23.5 Å². The van der Waals surface area contributed by atoms with Gasteiger partial charge >= 0.3 is 0 Å². The summed E-state index contributed by atoms with van der Waals surface area (Å²) in [5, 5.41) is 1.04. The molecule has 1 aliphatic heterocycles. The standard InChI is InChI=1S/C24H25ClFN3O3S/c1-14-11-19-17-5-3-4-6-21(17)27-23(19)24(29(14)22(30)13-25)18-10-9-16(12-20(18)26)33(31,32)28(2)15-7-8-15/h3-6,9-10,12,14-15,24,27H,7-8,11,13H2,1-2H3/t14-,24-/m0/s1. The van der Waals surface area contributed by atoms with E-state index in [0.29, 0.717) is 6.42 Å². The normalized spacial score (nSPS) is 20.9. The van der Waals surface area contributed by atoms with Crippen molar-refractivity contribution in [3.05, 3.63) is 65.1 Å². The van der Waals surface area contributed by atoms with Gasteiger partial charge < -0.3 is 9.88 Å². The second-order valence-corrected chi connectivity index (χ2v) is 11.2. The molecule has 1 aliphatic carbocycles. The van der Waals surface area contributed by atoms with E-state index in [1.807, 2.05) is 31.2 Å². The third kappa shape index (κ3) is 3.64. The van der Waals surface area contributed by atoms with Crippen molar-refractivity contribution >= 4 is 38.4 Å². The summed E-state index contributed by atoms with van der Waals surface area (Å²) < 4.78 is 42.7. The number of carbonyl (C=O) groups excluding carboxylic acids is 1. The second kappa shape index (κ2) is 8.11. The number of rotatable bonds is 5. The number of amides is 1. The van der Waals surface area contributed by atoms with Crippen molar-refractivity contribution in [3.63, 3.8) is 0 Å². The fraction of sp³-hybridized carbons (Fsp3) is 0.375. The number of aromatic nitrogens is 1. The smallest absolute Gasteiger partial charge is 0.243 e. The molecule has 9 heteroatoms. The highest BCUT2D eigenvalue weighted by molar-refractivity contribution is 7.89. The zero-order chi connectivity index (χ0) is 23.5. The fourth-order valence-corrected chi connectivity index (χ4v) is 6.48. The van der Waals surface area contributed by atoms with E-state index in [-0.39, 0.29) is 34.3 Å². The average molecular weight is 490 g/mol. The Hall–Kier alpha value is -2.42. The predicted molar refractivity (Wildman–Crippen MR) is 125 cm³/mol.